The van der Waals surface area contributed by atoms with Crippen molar-refractivity contribution in [2.75, 3.05) is 13.1 Å². The van der Waals surface area contributed by atoms with Crippen molar-refractivity contribution in [3.05, 3.63) is 35.6 Å². The van der Waals surface area contributed by atoms with Gasteiger partial charge in [-0.3, -0.25) is 9.59 Å². The molecular formula is C19H27FN2O2. The quantitative estimate of drug-likeness (QED) is 0.718. The fourth-order valence-corrected chi connectivity index (χ4v) is 3.15. The first-order valence-electron chi connectivity index (χ1n) is 8.91. The molecule has 0 spiro atoms. The van der Waals surface area contributed by atoms with E-state index in [4.69, 9.17) is 0 Å². The van der Waals surface area contributed by atoms with E-state index in [0.29, 0.717) is 25.4 Å². The lowest BCUT2D eigenvalue weighted by Gasteiger charge is -2.20. The van der Waals surface area contributed by atoms with Crippen molar-refractivity contribution in [3.63, 3.8) is 0 Å². The summed E-state index contributed by atoms with van der Waals surface area (Å²) < 4.78 is 12.8. The molecule has 1 fully saturated rings. The van der Waals surface area contributed by atoms with Crippen LogP contribution in [0.4, 0.5) is 4.39 Å². The SMILES string of the molecule is O=C(CCC1CCCCC1)NCCNC(=O)Cc1ccc(F)cc1. The van der Waals surface area contributed by atoms with Gasteiger partial charge < -0.3 is 10.6 Å². The zero-order chi connectivity index (χ0) is 17.2. The van der Waals surface area contributed by atoms with Gasteiger partial charge in [-0.25, -0.2) is 4.39 Å². The van der Waals surface area contributed by atoms with Crippen LogP contribution in [0, 0.1) is 11.7 Å². The Labute approximate surface area is 143 Å². The molecule has 132 valence electrons. The van der Waals surface area contributed by atoms with E-state index in [0.717, 1.165) is 12.0 Å². The van der Waals surface area contributed by atoms with Gasteiger partial charge in [0, 0.05) is 19.5 Å². The third-order valence-electron chi connectivity index (χ3n) is 4.55. The van der Waals surface area contributed by atoms with Gasteiger partial charge in [-0.2, -0.15) is 0 Å². The number of rotatable bonds is 8. The molecular weight excluding hydrogens is 307 g/mol. The van der Waals surface area contributed by atoms with Crippen molar-refractivity contribution < 1.29 is 14.0 Å². The van der Waals surface area contributed by atoms with E-state index >= 15 is 0 Å². The Morgan fingerprint density at radius 3 is 2.25 bits per heavy atom. The summed E-state index contributed by atoms with van der Waals surface area (Å²) in [4.78, 5) is 23.6. The number of carbonyl (C=O) groups excluding carboxylic acids is 2. The normalized spacial score (nSPS) is 15.0. The van der Waals surface area contributed by atoms with Gasteiger partial charge in [0.25, 0.3) is 0 Å². The van der Waals surface area contributed by atoms with Crippen LogP contribution in [0.1, 0.15) is 50.5 Å². The Morgan fingerprint density at radius 1 is 0.958 bits per heavy atom. The number of hydrogen-bond acceptors (Lipinski definition) is 2. The predicted octanol–water partition coefficient (Wildman–Crippen LogP) is 2.96. The third-order valence-corrected chi connectivity index (χ3v) is 4.55. The number of carbonyl (C=O) groups is 2. The Bertz CT molecular complexity index is 525. The largest absolute Gasteiger partial charge is 0.354 e. The minimum Gasteiger partial charge on any atom is -0.354 e. The molecule has 0 atom stereocenters. The molecule has 0 aromatic heterocycles. The molecule has 5 heteroatoms. The predicted molar refractivity (Wildman–Crippen MR) is 91.9 cm³/mol. The maximum atomic E-state index is 12.8. The second-order valence-electron chi connectivity index (χ2n) is 6.55. The lowest BCUT2D eigenvalue weighted by atomic mass is 9.86. The fraction of sp³-hybridized carbons (Fsp3) is 0.579. The number of halogens is 1. The molecule has 2 rings (SSSR count). The second kappa shape index (κ2) is 10.1. The topological polar surface area (TPSA) is 58.2 Å². The fourth-order valence-electron chi connectivity index (χ4n) is 3.15. The van der Waals surface area contributed by atoms with E-state index in [9.17, 15) is 14.0 Å². The highest BCUT2D eigenvalue weighted by atomic mass is 19.1. The van der Waals surface area contributed by atoms with Crippen LogP contribution in [0.15, 0.2) is 24.3 Å². The highest BCUT2D eigenvalue weighted by molar-refractivity contribution is 5.78. The summed E-state index contributed by atoms with van der Waals surface area (Å²) in [6, 6.07) is 5.88. The summed E-state index contributed by atoms with van der Waals surface area (Å²) in [5, 5.41) is 5.60. The summed E-state index contributed by atoms with van der Waals surface area (Å²) in [7, 11) is 0. The Morgan fingerprint density at radius 2 is 1.58 bits per heavy atom. The van der Waals surface area contributed by atoms with E-state index in [1.807, 2.05) is 0 Å². The Kier molecular flexibility index (Phi) is 7.72. The van der Waals surface area contributed by atoms with E-state index < -0.39 is 0 Å². The lowest BCUT2D eigenvalue weighted by molar-refractivity contribution is -0.122. The molecule has 1 saturated carbocycles. The van der Waals surface area contributed by atoms with Crippen LogP contribution in [0.3, 0.4) is 0 Å². The number of hydrogen-bond donors (Lipinski definition) is 2. The van der Waals surface area contributed by atoms with Crippen molar-refractivity contribution >= 4 is 11.8 Å². The van der Waals surface area contributed by atoms with Gasteiger partial charge in [0.15, 0.2) is 0 Å². The lowest BCUT2D eigenvalue weighted by Crippen LogP contribution is -2.35. The van der Waals surface area contributed by atoms with Crippen LogP contribution < -0.4 is 10.6 Å². The van der Waals surface area contributed by atoms with Gasteiger partial charge in [-0.15, -0.1) is 0 Å². The van der Waals surface area contributed by atoms with Crippen molar-refractivity contribution in [3.8, 4) is 0 Å². The highest BCUT2D eigenvalue weighted by Gasteiger charge is 2.14. The van der Waals surface area contributed by atoms with Gasteiger partial charge in [0.1, 0.15) is 5.82 Å². The first-order valence-corrected chi connectivity index (χ1v) is 8.91. The van der Waals surface area contributed by atoms with Crippen LogP contribution in [0.25, 0.3) is 0 Å². The van der Waals surface area contributed by atoms with Gasteiger partial charge in [-0.1, -0.05) is 44.2 Å². The smallest absolute Gasteiger partial charge is 0.224 e. The second-order valence-corrected chi connectivity index (χ2v) is 6.55. The molecule has 0 aliphatic heterocycles. The number of nitrogens with one attached hydrogen (secondary N) is 2. The monoisotopic (exact) mass is 334 g/mol. The van der Waals surface area contributed by atoms with E-state index in [2.05, 4.69) is 10.6 Å². The minimum atomic E-state index is -0.310. The molecule has 1 aliphatic carbocycles. The summed E-state index contributed by atoms with van der Waals surface area (Å²) in [6.07, 6.45) is 8.21. The maximum absolute atomic E-state index is 12.8. The van der Waals surface area contributed by atoms with Crippen molar-refractivity contribution in [2.24, 2.45) is 5.92 Å². The van der Waals surface area contributed by atoms with Gasteiger partial charge in [-0.05, 0) is 30.0 Å². The average Bonchev–Trinajstić information content (AvgIpc) is 2.60. The molecule has 2 N–H and O–H groups in total. The Hall–Kier alpha value is -1.91. The highest BCUT2D eigenvalue weighted by Crippen LogP contribution is 2.27. The summed E-state index contributed by atoms with van der Waals surface area (Å²) in [6.45, 7) is 0.855. The van der Waals surface area contributed by atoms with Crippen molar-refractivity contribution in [1.82, 2.24) is 10.6 Å². The molecule has 1 aromatic rings. The maximum Gasteiger partial charge on any atom is 0.224 e. The molecule has 0 unspecified atom stereocenters. The molecule has 1 aromatic carbocycles. The Balaban J connectivity index is 1.52. The zero-order valence-corrected chi connectivity index (χ0v) is 14.2. The van der Waals surface area contributed by atoms with Gasteiger partial charge in [0.05, 0.1) is 6.42 Å². The van der Waals surface area contributed by atoms with Crippen molar-refractivity contribution in [1.29, 1.82) is 0 Å². The van der Waals surface area contributed by atoms with E-state index in [1.165, 1.54) is 44.2 Å². The number of benzene rings is 1. The third kappa shape index (κ3) is 7.11. The molecule has 1 aliphatic rings. The van der Waals surface area contributed by atoms with Crippen LogP contribution in [-0.4, -0.2) is 24.9 Å². The summed E-state index contributed by atoms with van der Waals surface area (Å²) in [5.41, 5.74) is 0.769. The van der Waals surface area contributed by atoms with Gasteiger partial charge in [0.2, 0.25) is 11.8 Å². The molecule has 0 saturated heterocycles. The molecule has 0 heterocycles. The zero-order valence-electron chi connectivity index (χ0n) is 14.2. The molecule has 4 nitrogen and oxygen atoms in total. The average molecular weight is 334 g/mol. The van der Waals surface area contributed by atoms with Crippen LogP contribution in [-0.2, 0) is 16.0 Å². The minimum absolute atomic E-state index is 0.0633. The summed E-state index contributed by atoms with van der Waals surface area (Å²) in [5.74, 6) is 0.335. The van der Waals surface area contributed by atoms with Gasteiger partial charge >= 0.3 is 0 Å². The molecule has 0 bridgehead atoms. The van der Waals surface area contributed by atoms with Crippen LogP contribution >= 0.6 is 0 Å². The van der Waals surface area contributed by atoms with Crippen LogP contribution in [0.5, 0.6) is 0 Å². The first kappa shape index (κ1) is 18.4. The van der Waals surface area contributed by atoms with Crippen molar-refractivity contribution in [2.45, 2.75) is 51.4 Å². The van der Waals surface area contributed by atoms with Crippen LogP contribution in [0.2, 0.25) is 0 Å². The summed E-state index contributed by atoms with van der Waals surface area (Å²) >= 11 is 0. The molecule has 2 amide bonds. The molecule has 0 radical (unpaired) electrons. The molecule has 24 heavy (non-hydrogen) atoms. The number of amides is 2. The standard InChI is InChI=1S/C19H27FN2O2/c20-17-9-6-16(7-10-17)14-19(24)22-13-12-21-18(23)11-8-15-4-2-1-3-5-15/h6-7,9-10,15H,1-5,8,11-14H2,(H,21,23)(H,22,24). The van der Waals surface area contributed by atoms with E-state index in [1.54, 1.807) is 12.1 Å². The van der Waals surface area contributed by atoms with E-state index in [-0.39, 0.29) is 24.1 Å². The first-order chi connectivity index (χ1) is 11.6.